The van der Waals surface area contributed by atoms with Gasteiger partial charge < -0.3 is 5.73 Å². The summed E-state index contributed by atoms with van der Waals surface area (Å²) in [7, 11) is 0. The molecule has 3 heteroatoms. The molecule has 0 unspecified atom stereocenters. The number of hydrogen-bond acceptors (Lipinski definition) is 2. The molecule has 1 aromatic carbocycles. The molecule has 2 aromatic rings. The van der Waals surface area contributed by atoms with Crippen molar-refractivity contribution in [2.45, 2.75) is 25.2 Å². The molecule has 94 valence electrons. The summed E-state index contributed by atoms with van der Waals surface area (Å²) < 4.78 is 1.18. The zero-order valence-corrected chi connectivity index (χ0v) is 12.8. The monoisotopic (exact) mass is 321 g/mol. The van der Waals surface area contributed by atoms with Crippen LogP contribution in [-0.4, -0.2) is 6.54 Å². The van der Waals surface area contributed by atoms with Crippen LogP contribution in [0.25, 0.3) is 10.4 Å². The van der Waals surface area contributed by atoms with Gasteiger partial charge in [-0.3, -0.25) is 0 Å². The van der Waals surface area contributed by atoms with Gasteiger partial charge in [0.25, 0.3) is 0 Å². The molecule has 0 spiro atoms. The van der Waals surface area contributed by atoms with Crippen molar-refractivity contribution in [1.82, 2.24) is 0 Å². The fraction of sp³-hybridized carbons (Fsp3) is 0.333. The quantitative estimate of drug-likeness (QED) is 0.886. The molecule has 1 fully saturated rings. The minimum absolute atomic E-state index is 0.302. The number of nitrogens with two attached hydrogens (primary N) is 1. The average Bonchev–Trinajstić information content (AvgIpc) is 3.02. The highest BCUT2D eigenvalue weighted by molar-refractivity contribution is 9.10. The molecule has 2 N–H and O–H groups in total. The molecule has 1 aliphatic rings. The van der Waals surface area contributed by atoms with Gasteiger partial charge in [-0.2, -0.15) is 0 Å². The van der Waals surface area contributed by atoms with E-state index in [1.165, 1.54) is 38.9 Å². The SMILES string of the molecule is Cc1ccc(-c2cc(C3(CN)CC3)cs2)cc1Br. The number of benzene rings is 1. The molecule has 1 nitrogen and oxygen atoms in total. The van der Waals surface area contributed by atoms with E-state index in [1.54, 1.807) is 0 Å². The molecule has 0 aliphatic heterocycles. The maximum atomic E-state index is 5.89. The van der Waals surface area contributed by atoms with Crippen molar-refractivity contribution in [3.8, 4) is 10.4 Å². The van der Waals surface area contributed by atoms with E-state index in [-0.39, 0.29) is 0 Å². The summed E-state index contributed by atoms with van der Waals surface area (Å²) in [4.78, 5) is 1.34. The predicted octanol–water partition coefficient (Wildman–Crippen LogP) is 4.48. The maximum absolute atomic E-state index is 5.89. The van der Waals surface area contributed by atoms with Crippen molar-refractivity contribution < 1.29 is 0 Å². The van der Waals surface area contributed by atoms with Crippen LogP contribution >= 0.6 is 27.3 Å². The van der Waals surface area contributed by atoms with Gasteiger partial charge in [-0.25, -0.2) is 0 Å². The maximum Gasteiger partial charge on any atom is 0.0346 e. The second-order valence-electron chi connectivity index (χ2n) is 5.15. The first-order valence-electron chi connectivity index (χ1n) is 6.20. The number of halogens is 1. The standard InChI is InChI=1S/C15H16BrNS/c1-10-2-3-11(6-13(10)16)14-7-12(8-18-14)15(9-17)4-5-15/h2-3,6-8H,4-5,9,17H2,1H3. The minimum Gasteiger partial charge on any atom is -0.330 e. The van der Waals surface area contributed by atoms with Crippen molar-refractivity contribution in [2.75, 3.05) is 6.54 Å². The van der Waals surface area contributed by atoms with Gasteiger partial charge >= 0.3 is 0 Å². The van der Waals surface area contributed by atoms with Gasteiger partial charge in [0.15, 0.2) is 0 Å². The molecule has 1 saturated carbocycles. The van der Waals surface area contributed by atoms with Crippen LogP contribution in [0.1, 0.15) is 24.0 Å². The Labute approximate surface area is 120 Å². The van der Waals surface area contributed by atoms with Crippen molar-refractivity contribution >= 4 is 27.3 Å². The summed E-state index contributed by atoms with van der Waals surface area (Å²) in [5.74, 6) is 0. The summed E-state index contributed by atoms with van der Waals surface area (Å²) in [6.45, 7) is 2.89. The summed E-state index contributed by atoms with van der Waals surface area (Å²) in [5, 5.41) is 2.28. The van der Waals surface area contributed by atoms with E-state index in [0.29, 0.717) is 5.41 Å². The van der Waals surface area contributed by atoms with Crippen molar-refractivity contribution in [3.05, 3.63) is 45.2 Å². The van der Waals surface area contributed by atoms with Crippen LogP contribution in [0.15, 0.2) is 34.1 Å². The Kier molecular flexibility index (Phi) is 3.08. The van der Waals surface area contributed by atoms with Crippen molar-refractivity contribution in [3.63, 3.8) is 0 Å². The van der Waals surface area contributed by atoms with E-state index < -0.39 is 0 Å². The Morgan fingerprint density at radius 2 is 2.11 bits per heavy atom. The first-order valence-corrected chi connectivity index (χ1v) is 7.87. The Balaban J connectivity index is 1.95. The highest BCUT2D eigenvalue weighted by Crippen LogP contribution is 2.49. The Bertz CT molecular complexity index is 584. The Hall–Kier alpha value is -0.640. The number of hydrogen-bond donors (Lipinski definition) is 1. The molecule has 0 bridgehead atoms. The summed E-state index contributed by atoms with van der Waals surface area (Å²) in [6.07, 6.45) is 2.49. The van der Waals surface area contributed by atoms with Crippen molar-refractivity contribution in [1.29, 1.82) is 0 Å². The van der Waals surface area contributed by atoms with E-state index in [4.69, 9.17) is 5.73 Å². The molecule has 1 aliphatic carbocycles. The van der Waals surface area contributed by atoms with Crippen LogP contribution < -0.4 is 5.73 Å². The lowest BCUT2D eigenvalue weighted by Crippen LogP contribution is -2.18. The first kappa shape index (κ1) is 12.4. The van der Waals surface area contributed by atoms with Gasteiger partial charge in [-0.05, 0) is 54.0 Å². The lowest BCUT2D eigenvalue weighted by atomic mass is 9.98. The zero-order valence-electron chi connectivity index (χ0n) is 10.4. The van der Waals surface area contributed by atoms with Crippen LogP contribution in [0.5, 0.6) is 0 Å². The van der Waals surface area contributed by atoms with Crippen molar-refractivity contribution in [2.24, 2.45) is 5.73 Å². The smallest absolute Gasteiger partial charge is 0.0346 e. The summed E-state index contributed by atoms with van der Waals surface area (Å²) in [6, 6.07) is 8.88. The fourth-order valence-electron chi connectivity index (χ4n) is 2.27. The molecule has 18 heavy (non-hydrogen) atoms. The van der Waals surface area contributed by atoms with E-state index in [2.05, 4.69) is 52.5 Å². The van der Waals surface area contributed by atoms with Gasteiger partial charge in [0, 0.05) is 21.3 Å². The molecule has 0 atom stereocenters. The molecular formula is C15H16BrNS. The summed E-state index contributed by atoms with van der Waals surface area (Å²) in [5.41, 5.74) is 10.2. The number of thiophene rings is 1. The lowest BCUT2D eigenvalue weighted by Gasteiger charge is -2.08. The van der Waals surface area contributed by atoms with Crippen LogP contribution in [0.4, 0.5) is 0 Å². The van der Waals surface area contributed by atoms with Crippen LogP contribution in [0.2, 0.25) is 0 Å². The Morgan fingerprint density at radius 3 is 2.72 bits per heavy atom. The highest BCUT2D eigenvalue weighted by Gasteiger charge is 2.43. The highest BCUT2D eigenvalue weighted by atomic mass is 79.9. The van der Waals surface area contributed by atoms with Gasteiger partial charge in [-0.15, -0.1) is 11.3 Å². The number of rotatable bonds is 3. The van der Waals surface area contributed by atoms with Crippen LogP contribution in [0.3, 0.4) is 0 Å². The van der Waals surface area contributed by atoms with E-state index in [9.17, 15) is 0 Å². The Morgan fingerprint density at radius 1 is 1.33 bits per heavy atom. The third-order valence-electron chi connectivity index (χ3n) is 3.91. The molecule has 3 rings (SSSR count). The molecule has 0 saturated heterocycles. The lowest BCUT2D eigenvalue weighted by molar-refractivity contribution is 0.708. The van der Waals surface area contributed by atoms with E-state index in [1.807, 2.05) is 11.3 Å². The van der Waals surface area contributed by atoms with E-state index >= 15 is 0 Å². The third kappa shape index (κ3) is 2.04. The summed E-state index contributed by atoms with van der Waals surface area (Å²) >= 11 is 5.42. The topological polar surface area (TPSA) is 26.0 Å². The molecule has 0 amide bonds. The van der Waals surface area contributed by atoms with Gasteiger partial charge in [0.2, 0.25) is 0 Å². The number of aryl methyl sites for hydroxylation is 1. The second-order valence-corrected chi connectivity index (χ2v) is 6.91. The average molecular weight is 322 g/mol. The zero-order chi connectivity index (χ0) is 12.8. The molecule has 1 heterocycles. The van der Waals surface area contributed by atoms with Gasteiger partial charge in [-0.1, -0.05) is 28.1 Å². The van der Waals surface area contributed by atoms with Crippen LogP contribution in [-0.2, 0) is 5.41 Å². The fourth-order valence-corrected chi connectivity index (χ4v) is 3.68. The normalized spacial score (nSPS) is 16.8. The second kappa shape index (κ2) is 4.48. The third-order valence-corrected chi connectivity index (χ3v) is 5.75. The molecular weight excluding hydrogens is 306 g/mol. The van der Waals surface area contributed by atoms with Crippen LogP contribution in [0, 0.1) is 6.92 Å². The van der Waals surface area contributed by atoms with E-state index in [0.717, 1.165) is 6.54 Å². The molecule has 0 radical (unpaired) electrons. The minimum atomic E-state index is 0.302. The largest absolute Gasteiger partial charge is 0.330 e. The van der Waals surface area contributed by atoms with Gasteiger partial charge in [0.1, 0.15) is 0 Å². The first-order chi connectivity index (χ1) is 8.64. The predicted molar refractivity (Wildman–Crippen MR) is 82.2 cm³/mol. The molecule has 1 aromatic heterocycles. The van der Waals surface area contributed by atoms with Gasteiger partial charge in [0.05, 0.1) is 0 Å².